The first-order valence-corrected chi connectivity index (χ1v) is 7.60. The largest absolute Gasteiger partial charge is 0.484 e. The predicted molar refractivity (Wildman–Crippen MR) is 90.6 cm³/mol. The van der Waals surface area contributed by atoms with Crippen LogP contribution in [0.25, 0.3) is 0 Å². The van der Waals surface area contributed by atoms with Gasteiger partial charge < -0.3 is 21.1 Å². The molecule has 7 heteroatoms. The van der Waals surface area contributed by atoms with Crippen LogP contribution in [0.15, 0.2) is 24.3 Å². The van der Waals surface area contributed by atoms with Crippen LogP contribution in [0.2, 0.25) is 0 Å². The zero-order valence-corrected chi connectivity index (χ0v) is 14.0. The van der Waals surface area contributed by atoms with Gasteiger partial charge in [0.1, 0.15) is 5.75 Å². The average Bonchev–Trinajstić information content (AvgIpc) is 3.29. The van der Waals surface area contributed by atoms with E-state index in [1.807, 2.05) is 19.1 Å². The second kappa shape index (κ2) is 9.37. The van der Waals surface area contributed by atoms with Gasteiger partial charge in [-0.25, -0.2) is 0 Å². The Morgan fingerprint density at radius 2 is 1.91 bits per heavy atom. The van der Waals surface area contributed by atoms with E-state index in [2.05, 4.69) is 10.6 Å². The fourth-order valence-corrected chi connectivity index (χ4v) is 2.03. The lowest BCUT2D eigenvalue weighted by atomic mass is 10.1. The molecule has 1 aliphatic rings. The molecule has 23 heavy (non-hydrogen) atoms. The molecule has 1 aromatic rings. The quantitative estimate of drug-likeness (QED) is 0.664. The van der Waals surface area contributed by atoms with Gasteiger partial charge in [0.05, 0.1) is 6.04 Å². The Balaban J connectivity index is 0.00000264. The summed E-state index contributed by atoms with van der Waals surface area (Å²) in [6, 6.07) is 7.60. The molecule has 6 nitrogen and oxygen atoms in total. The van der Waals surface area contributed by atoms with Gasteiger partial charge >= 0.3 is 0 Å². The Morgan fingerprint density at radius 3 is 2.48 bits per heavy atom. The van der Waals surface area contributed by atoms with Crippen molar-refractivity contribution in [2.75, 3.05) is 13.2 Å². The molecule has 0 bridgehead atoms. The third kappa shape index (κ3) is 6.88. The van der Waals surface area contributed by atoms with E-state index in [-0.39, 0.29) is 36.9 Å². The number of benzene rings is 1. The number of carbonyl (C=O) groups is 2. The monoisotopic (exact) mass is 341 g/mol. The van der Waals surface area contributed by atoms with Crippen LogP contribution in [-0.2, 0) is 9.59 Å². The molecule has 0 heterocycles. The van der Waals surface area contributed by atoms with Gasteiger partial charge in [-0.2, -0.15) is 0 Å². The smallest absolute Gasteiger partial charge is 0.258 e. The minimum absolute atomic E-state index is 0. The second-order valence-corrected chi connectivity index (χ2v) is 5.53. The normalized spacial score (nSPS) is 14.3. The molecular formula is C16H24ClN3O3. The highest BCUT2D eigenvalue weighted by Gasteiger charge is 2.23. The molecule has 0 spiro atoms. The zero-order chi connectivity index (χ0) is 15.9. The predicted octanol–water partition coefficient (Wildman–Crippen LogP) is 1.29. The van der Waals surface area contributed by atoms with Crippen molar-refractivity contribution in [2.24, 2.45) is 5.73 Å². The summed E-state index contributed by atoms with van der Waals surface area (Å²) in [5.74, 6) is 0.483. The summed E-state index contributed by atoms with van der Waals surface area (Å²) in [5, 5.41) is 5.74. The van der Waals surface area contributed by atoms with E-state index in [9.17, 15) is 9.59 Å². The summed E-state index contributed by atoms with van der Waals surface area (Å²) in [6.45, 7) is 2.28. The van der Waals surface area contributed by atoms with E-state index < -0.39 is 0 Å². The van der Waals surface area contributed by atoms with E-state index in [1.54, 1.807) is 12.1 Å². The number of hydrogen-bond acceptors (Lipinski definition) is 4. The number of halogens is 1. The minimum atomic E-state index is -0.0914. The number of hydrogen-bond donors (Lipinski definition) is 3. The molecule has 0 saturated heterocycles. The Labute approximate surface area is 142 Å². The van der Waals surface area contributed by atoms with Gasteiger partial charge in [-0.3, -0.25) is 9.59 Å². The lowest BCUT2D eigenvalue weighted by Crippen LogP contribution is -2.30. The maximum absolute atomic E-state index is 11.5. The fourth-order valence-electron chi connectivity index (χ4n) is 2.03. The highest BCUT2D eigenvalue weighted by atomic mass is 35.5. The molecule has 0 aliphatic heterocycles. The average molecular weight is 342 g/mol. The number of carbonyl (C=O) groups excluding carboxylic acids is 2. The van der Waals surface area contributed by atoms with Crippen LogP contribution < -0.4 is 21.1 Å². The van der Waals surface area contributed by atoms with Gasteiger partial charge in [-0.05, 0) is 37.5 Å². The van der Waals surface area contributed by atoms with Gasteiger partial charge in [0.25, 0.3) is 5.91 Å². The summed E-state index contributed by atoms with van der Waals surface area (Å²) in [4.78, 5) is 23.0. The van der Waals surface area contributed by atoms with Crippen molar-refractivity contribution < 1.29 is 14.3 Å². The molecule has 128 valence electrons. The molecule has 1 aromatic carbocycles. The molecule has 1 atom stereocenters. The van der Waals surface area contributed by atoms with Crippen molar-refractivity contribution >= 4 is 24.2 Å². The summed E-state index contributed by atoms with van der Waals surface area (Å²) < 4.78 is 5.43. The van der Waals surface area contributed by atoms with E-state index >= 15 is 0 Å². The molecule has 1 unspecified atom stereocenters. The Kier molecular flexibility index (Phi) is 7.85. The highest BCUT2D eigenvalue weighted by molar-refractivity contribution is 5.85. The SMILES string of the molecule is CC(NC(=O)CCN)c1ccc(OCC(=O)NC2CC2)cc1.Cl. The van der Waals surface area contributed by atoms with Gasteiger partial charge in [-0.1, -0.05) is 12.1 Å². The van der Waals surface area contributed by atoms with Crippen molar-refractivity contribution in [3.63, 3.8) is 0 Å². The molecule has 1 aliphatic carbocycles. The van der Waals surface area contributed by atoms with Gasteiger partial charge in [-0.15, -0.1) is 12.4 Å². The van der Waals surface area contributed by atoms with Crippen molar-refractivity contribution in [1.82, 2.24) is 10.6 Å². The van der Waals surface area contributed by atoms with E-state index in [1.165, 1.54) is 0 Å². The van der Waals surface area contributed by atoms with Crippen molar-refractivity contribution in [3.8, 4) is 5.75 Å². The number of nitrogens with one attached hydrogen (secondary N) is 2. The summed E-state index contributed by atoms with van der Waals surface area (Å²) in [6.07, 6.45) is 2.45. The van der Waals surface area contributed by atoms with Crippen LogP contribution in [0, 0.1) is 0 Å². The first-order valence-electron chi connectivity index (χ1n) is 7.60. The summed E-state index contributed by atoms with van der Waals surface area (Å²) in [5.41, 5.74) is 6.32. The molecule has 2 rings (SSSR count). The molecule has 1 fully saturated rings. The number of rotatable bonds is 8. The third-order valence-electron chi connectivity index (χ3n) is 3.44. The molecular weight excluding hydrogens is 318 g/mol. The second-order valence-electron chi connectivity index (χ2n) is 5.53. The number of amides is 2. The van der Waals surface area contributed by atoms with E-state index in [4.69, 9.17) is 10.5 Å². The van der Waals surface area contributed by atoms with Gasteiger partial charge in [0, 0.05) is 19.0 Å². The van der Waals surface area contributed by atoms with E-state index in [0.29, 0.717) is 24.8 Å². The van der Waals surface area contributed by atoms with Gasteiger partial charge in [0.15, 0.2) is 6.61 Å². The lowest BCUT2D eigenvalue weighted by molar-refractivity contribution is -0.123. The van der Waals surface area contributed by atoms with Crippen LogP contribution >= 0.6 is 12.4 Å². The van der Waals surface area contributed by atoms with Crippen LogP contribution in [0.5, 0.6) is 5.75 Å². The Bertz CT molecular complexity index is 518. The summed E-state index contributed by atoms with van der Waals surface area (Å²) >= 11 is 0. The Hall–Kier alpha value is -1.79. The molecule has 2 amide bonds. The standard InChI is InChI=1S/C16H23N3O3.ClH/c1-11(18-15(20)8-9-17)12-2-6-14(7-3-12)22-10-16(21)19-13-4-5-13;/h2-3,6-7,11,13H,4-5,8-10,17H2,1H3,(H,18,20)(H,19,21);1H. The number of nitrogens with two attached hydrogens (primary N) is 1. The van der Waals surface area contributed by atoms with E-state index in [0.717, 1.165) is 18.4 Å². The summed E-state index contributed by atoms with van der Waals surface area (Å²) in [7, 11) is 0. The third-order valence-corrected chi connectivity index (χ3v) is 3.44. The maximum atomic E-state index is 11.5. The lowest BCUT2D eigenvalue weighted by Gasteiger charge is -2.14. The Morgan fingerprint density at radius 1 is 1.26 bits per heavy atom. The van der Waals surface area contributed by atoms with Crippen LogP contribution in [0.4, 0.5) is 0 Å². The molecule has 4 N–H and O–H groups in total. The van der Waals surface area contributed by atoms with Crippen molar-refractivity contribution in [1.29, 1.82) is 0 Å². The first-order chi connectivity index (χ1) is 10.6. The van der Waals surface area contributed by atoms with Crippen LogP contribution in [-0.4, -0.2) is 31.0 Å². The number of ether oxygens (including phenoxy) is 1. The minimum Gasteiger partial charge on any atom is -0.484 e. The van der Waals surface area contributed by atoms with Crippen molar-refractivity contribution in [2.45, 2.75) is 38.3 Å². The van der Waals surface area contributed by atoms with Crippen LogP contribution in [0.1, 0.15) is 37.8 Å². The van der Waals surface area contributed by atoms with Gasteiger partial charge in [0.2, 0.25) is 5.91 Å². The first kappa shape index (κ1) is 19.3. The van der Waals surface area contributed by atoms with Crippen molar-refractivity contribution in [3.05, 3.63) is 29.8 Å². The zero-order valence-electron chi connectivity index (χ0n) is 13.2. The van der Waals surface area contributed by atoms with Crippen LogP contribution in [0.3, 0.4) is 0 Å². The topological polar surface area (TPSA) is 93.5 Å². The maximum Gasteiger partial charge on any atom is 0.258 e. The molecule has 0 radical (unpaired) electrons. The highest BCUT2D eigenvalue weighted by Crippen LogP contribution is 2.19. The molecule has 1 saturated carbocycles. The fraction of sp³-hybridized carbons (Fsp3) is 0.500. The molecule has 0 aromatic heterocycles.